The van der Waals surface area contributed by atoms with E-state index < -0.39 is 6.10 Å². The van der Waals surface area contributed by atoms with Crippen molar-refractivity contribution in [2.75, 3.05) is 19.8 Å². The van der Waals surface area contributed by atoms with Crippen LogP contribution in [0.15, 0.2) is 23.0 Å². The van der Waals surface area contributed by atoms with Crippen molar-refractivity contribution >= 4 is 16.8 Å². The van der Waals surface area contributed by atoms with Crippen molar-refractivity contribution in [3.63, 3.8) is 0 Å². The number of hydrogen-bond donors (Lipinski definition) is 1. The van der Waals surface area contributed by atoms with Gasteiger partial charge in [0.25, 0.3) is 11.5 Å². The first-order chi connectivity index (χ1) is 13.5. The molecule has 1 aromatic carbocycles. The molecule has 2 aliphatic heterocycles. The first-order valence-electron chi connectivity index (χ1n) is 10.2. The standard InChI is InChI=1S/C22H28N2O4/c1-14-9-15(2)20-16(10-14)11-17(21(25)23-20)12-24(13-18-5-3-7-27-18)22(26)19-6-4-8-28-19/h9-11,18-19H,3-8,12-13H2,1-2H3,(H,23,25)/t18-,19+/m0/s1. The van der Waals surface area contributed by atoms with E-state index in [1.54, 1.807) is 4.90 Å². The Labute approximate surface area is 164 Å². The molecule has 0 spiro atoms. The predicted octanol–water partition coefficient (Wildman–Crippen LogP) is 2.83. The Bertz CT molecular complexity index is 924. The third kappa shape index (κ3) is 3.98. The zero-order chi connectivity index (χ0) is 19.7. The number of ether oxygens (including phenoxy) is 2. The number of carbonyl (C=O) groups is 1. The predicted molar refractivity (Wildman–Crippen MR) is 107 cm³/mol. The van der Waals surface area contributed by atoms with E-state index in [9.17, 15) is 9.59 Å². The molecule has 0 unspecified atom stereocenters. The summed E-state index contributed by atoms with van der Waals surface area (Å²) in [5, 5.41) is 0.994. The van der Waals surface area contributed by atoms with Crippen molar-refractivity contribution in [1.82, 2.24) is 9.88 Å². The lowest BCUT2D eigenvalue weighted by Gasteiger charge is -2.27. The van der Waals surface area contributed by atoms with Gasteiger partial charge in [0.2, 0.25) is 0 Å². The molecule has 0 aliphatic carbocycles. The fraction of sp³-hybridized carbons (Fsp3) is 0.545. The number of benzene rings is 1. The number of nitrogens with one attached hydrogen (secondary N) is 1. The molecule has 2 aliphatic rings. The van der Waals surface area contributed by atoms with Crippen LogP contribution < -0.4 is 5.56 Å². The molecule has 2 atom stereocenters. The monoisotopic (exact) mass is 384 g/mol. The van der Waals surface area contributed by atoms with Gasteiger partial charge in [0.05, 0.1) is 18.2 Å². The van der Waals surface area contributed by atoms with E-state index in [-0.39, 0.29) is 24.1 Å². The van der Waals surface area contributed by atoms with Gasteiger partial charge in [-0.15, -0.1) is 0 Å². The van der Waals surface area contributed by atoms with Crippen LogP contribution in [0.1, 0.15) is 42.4 Å². The number of aromatic amines is 1. The van der Waals surface area contributed by atoms with Crippen LogP contribution in [0.25, 0.3) is 10.9 Å². The Kier molecular flexibility index (Phi) is 5.51. The highest BCUT2D eigenvalue weighted by atomic mass is 16.5. The molecule has 3 heterocycles. The SMILES string of the molecule is Cc1cc(C)c2[nH]c(=O)c(CN(C[C@@H]3CCCO3)C(=O)[C@H]3CCCO3)cc2c1. The van der Waals surface area contributed by atoms with Crippen LogP contribution in [0.3, 0.4) is 0 Å². The molecule has 1 amide bonds. The lowest BCUT2D eigenvalue weighted by molar-refractivity contribution is -0.143. The maximum atomic E-state index is 13.1. The van der Waals surface area contributed by atoms with Crippen molar-refractivity contribution < 1.29 is 14.3 Å². The maximum Gasteiger partial charge on any atom is 0.253 e. The molecule has 6 nitrogen and oxygen atoms in total. The molecule has 150 valence electrons. The number of rotatable bonds is 5. The molecule has 0 bridgehead atoms. The van der Waals surface area contributed by atoms with Crippen molar-refractivity contribution in [2.45, 2.75) is 58.3 Å². The van der Waals surface area contributed by atoms with Crippen molar-refractivity contribution in [3.05, 3.63) is 45.2 Å². The summed E-state index contributed by atoms with van der Waals surface area (Å²) < 4.78 is 11.4. The van der Waals surface area contributed by atoms with Crippen LogP contribution in [0.2, 0.25) is 0 Å². The van der Waals surface area contributed by atoms with E-state index in [4.69, 9.17) is 9.47 Å². The van der Waals surface area contributed by atoms with Gasteiger partial charge in [0, 0.05) is 25.3 Å². The first-order valence-corrected chi connectivity index (χ1v) is 10.2. The summed E-state index contributed by atoms with van der Waals surface area (Å²) in [5.41, 5.74) is 3.51. The molecule has 0 radical (unpaired) electrons. The molecule has 2 fully saturated rings. The third-order valence-corrected chi connectivity index (χ3v) is 5.70. The van der Waals surface area contributed by atoms with Crippen LogP contribution >= 0.6 is 0 Å². The molecule has 1 N–H and O–H groups in total. The topological polar surface area (TPSA) is 71.6 Å². The summed E-state index contributed by atoms with van der Waals surface area (Å²) in [7, 11) is 0. The largest absolute Gasteiger partial charge is 0.376 e. The molecular weight excluding hydrogens is 356 g/mol. The quantitative estimate of drug-likeness (QED) is 0.860. The van der Waals surface area contributed by atoms with E-state index in [1.807, 2.05) is 19.9 Å². The van der Waals surface area contributed by atoms with Gasteiger partial charge in [-0.1, -0.05) is 11.6 Å². The number of aromatic nitrogens is 1. The van der Waals surface area contributed by atoms with Crippen molar-refractivity contribution in [2.24, 2.45) is 0 Å². The number of hydrogen-bond acceptors (Lipinski definition) is 4. The normalized spacial score (nSPS) is 22.1. The molecule has 28 heavy (non-hydrogen) atoms. The van der Waals surface area contributed by atoms with Crippen molar-refractivity contribution in [1.29, 1.82) is 0 Å². The minimum absolute atomic E-state index is 0.0343. The second-order valence-electron chi connectivity index (χ2n) is 8.03. The number of H-pyrrole nitrogens is 1. The first kappa shape index (κ1) is 19.2. The second-order valence-corrected chi connectivity index (χ2v) is 8.03. The number of amides is 1. The Morgan fingerprint density at radius 2 is 1.93 bits per heavy atom. The van der Waals surface area contributed by atoms with E-state index in [0.29, 0.717) is 18.7 Å². The molecule has 0 saturated carbocycles. The maximum absolute atomic E-state index is 13.1. The lowest BCUT2D eigenvalue weighted by atomic mass is 10.0. The fourth-order valence-electron chi connectivity index (χ4n) is 4.30. The van der Waals surface area contributed by atoms with Crippen molar-refractivity contribution in [3.8, 4) is 0 Å². The Morgan fingerprint density at radius 1 is 1.14 bits per heavy atom. The van der Waals surface area contributed by atoms with E-state index in [1.165, 1.54) is 0 Å². The summed E-state index contributed by atoms with van der Waals surface area (Å²) in [4.78, 5) is 30.5. The van der Waals surface area contributed by atoms with Gasteiger partial charge in [0.15, 0.2) is 0 Å². The third-order valence-electron chi connectivity index (χ3n) is 5.70. The van der Waals surface area contributed by atoms with E-state index >= 15 is 0 Å². The molecule has 4 rings (SSSR count). The Hall–Kier alpha value is -2.18. The Balaban J connectivity index is 1.64. The highest BCUT2D eigenvalue weighted by Gasteiger charge is 2.31. The zero-order valence-corrected chi connectivity index (χ0v) is 16.6. The van der Waals surface area contributed by atoms with Gasteiger partial charge < -0.3 is 19.4 Å². The van der Waals surface area contributed by atoms with Gasteiger partial charge in [-0.25, -0.2) is 0 Å². The van der Waals surface area contributed by atoms with Crippen LogP contribution in [0.5, 0.6) is 0 Å². The van der Waals surface area contributed by atoms with Crippen LogP contribution in [0.4, 0.5) is 0 Å². The number of fused-ring (bicyclic) bond motifs is 1. The molecule has 2 aromatic rings. The molecule has 6 heteroatoms. The number of pyridine rings is 1. The lowest BCUT2D eigenvalue weighted by Crippen LogP contribution is -2.43. The van der Waals surface area contributed by atoms with E-state index in [2.05, 4.69) is 17.1 Å². The smallest absolute Gasteiger partial charge is 0.253 e. The average molecular weight is 384 g/mol. The van der Waals surface area contributed by atoms with Gasteiger partial charge in [0.1, 0.15) is 6.10 Å². The Morgan fingerprint density at radius 3 is 2.64 bits per heavy atom. The van der Waals surface area contributed by atoms with E-state index in [0.717, 1.165) is 54.3 Å². The van der Waals surface area contributed by atoms with Crippen LogP contribution in [-0.2, 0) is 20.8 Å². The highest BCUT2D eigenvalue weighted by molar-refractivity contribution is 5.83. The summed E-state index contributed by atoms with van der Waals surface area (Å²) in [5.74, 6) is -0.0343. The van der Waals surface area contributed by atoms with Gasteiger partial charge in [-0.05, 0) is 62.6 Å². The molecule has 1 aromatic heterocycles. The number of nitrogens with zero attached hydrogens (tertiary/aromatic N) is 1. The fourth-order valence-corrected chi connectivity index (χ4v) is 4.30. The second kappa shape index (κ2) is 8.05. The minimum atomic E-state index is -0.398. The van der Waals surface area contributed by atoms with Crippen LogP contribution in [-0.4, -0.2) is 47.8 Å². The van der Waals surface area contributed by atoms with Gasteiger partial charge in [-0.2, -0.15) is 0 Å². The minimum Gasteiger partial charge on any atom is -0.376 e. The van der Waals surface area contributed by atoms with Gasteiger partial charge in [-0.3, -0.25) is 9.59 Å². The average Bonchev–Trinajstić information content (AvgIpc) is 3.35. The van der Waals surface area contributed by atoms with Gasteiger partial charge >= 0.3 is 0 Å². The summed E-state index contributed by atoms with van der Waals surface area (Å²) in [6.07, 6.45) is 3.25. The number of aryl methyl sites for hydroxylation is 2. The summed E-state index contributed by atoms with van der Waals surface area (Å²) in [6.45, 7) is 6.18. The number of carbonyl (C=O) groups excluding carboxylic acids is 1. The molecular formula is C22H28N2O4. The summed E-state index contributed by atoms with van der Waals surface area (Å²) in [6, 6.07) is 6.04. The zero-order valence-electron chi connectivity index (χ0n) is 16.6. The van der Waals surface area contributed by atoms with Crippen LogP contribution in [0, 0.1) is 13.8 Å². The molecule has 2 saturated heterocycles. The summed E-state index contributed by atoms with van der Waals surface area (Å²) >= 11 is 0. The highest BCUT2D eigenvalue weighted by Crippen LogP contribution is 2.22.